The Balaban J connectivity index is 2.30. The number of carbonyl (C=O) groups is 1. The first-order valence-electron chi connectivity index (χ1n) is 7.67. The Morgan fingerprint density at radius 3 is 2.50 bits per heavy atom. The molecule has 1 heterocycles. The maximum absolute atomic E-state index is 12.0. The van der Waals surface area contributed by atoms with Gasteiger partial charge in [0.05, 0.1) is 4.99 Å². The summed E-state index contributed by atoms with van der Waals surface area (Å²) in [4.78, 5) is 16.7. The molecule has 5 heteroatoms. The van der Waals surface area contributed by atoms with Crippen LogP contribution in [0.5, 0.6) is 0 Å². The molecule has 0 saturated carbocycles. The standard InChI is InChI=1S/C15H29N3OS/c1-4-15(5-2)8-11-18(12-15)10-7-14(19)17(3)9-6-13(16)20/h4-12H2,1-3H3,(H2,16,20). The number of nitrogens with two attached hydrogens (primary N) is 1. The zero-order valence-electron chi connectivity index (χ0n) is 13.2. The number of likely N-dealkylation sites (tertiary alicyclic amines) is 1. The second-order valence-electron chi connectivity index (χ2n) is 6.01. The number of amides is 1. The van der Waals surface area contributed by atoms with Gasteiger partial charge < -0.3 is 15.5 Å². The number of thiocarbonyl (C=S) groups is 1. The van der Waals surface area contributed by atoms with Crippen LogP contribution in [0.3, 0.4) is 0 Å². The van der Waals surface area contributed by atoms with Crippen LogP contribution in [0.4, 0.5) is 0 Å². The van der Waals surface area contributed by atoms with Gasteiger partial charge in [0.15, 0.2) is 0 Å². The number of rotatable bonds is 8. The Hall–Kier alpha value is -0.680. The zero-order valence-corrected chi connectivity index (χ0v) is 14.0. The predicted molar refractivity (Wildman–Crippen MR) is 87.7 cm³/mol. The number of hydrogen-bond donors (Lipinski definition) is 1. The molecule has 1 amide bonds. The summed E-state index contributed by atoms with van der Waals surface area (Å²) >= 11 is 4.84. The highest BCUT2D eigenvalue weighted by Gasteiger charge is 2.34. The van der Waals surface area contributed by atoms with E-state index in [2.05, 4.69) is 18.7 Å². The maximum atomic E-state index is 12.0. The van der Waals surface area contributed by atoms with Crippen molar-refractivity contribution in [2.75, 3.05) is 33.2 Å². The van der Waals surface area contributed by atoms with E-state index in [0.717, 1.165) is 19.6 Å². The van der Waals surface area contributed by atoms with E-state index in [4.69, 9.17) is 18.0 Å². The predicted octanol–water partition coefficient (Wildman–Crippen LogP) is 2.02. The second-order valence-corrected chi connectivity index (χ2v) is 6.54. The fraction of sp³-hybridized carbons (Fsp3) is 0.867. The van der Waals surface area contributed by atoms with Crippen molar-refractivity contribution >= 4 is 23.1 Å². The summed E-state index contributed by atoms with van der Waals surface area (Å²) in [6, 6.07) is 0. The fourth-order valence-electron chi connectivity index (χ4n) is 2.89. The molecule has 0 aromatic rings. The maximum Gasteiger partial charge on any atom is 0.223 e. The summed E-state index contributed by atoms with van der Waals surface area (Å²) in [7, 11) is 1.83. The molecule has 116 valence electrons. The van der Waals surface area contributed by atoms with E-state index in [1.54, 1.807) is 4.90 Å². The summed E-state index contributed by atoms with van der Waals surface area (Å²) in [6.45, 7) is 8.33. The van der Waals surface area contributed by atoms with E-state index >= 15 is 0 Å². The first-order valence-corrected chi connectivity index (χ1v) is 8.08. The highest BCUT2D eigenvalue weighted by Crippen LogP contribution is 2.36. The molecule has 0 aromatic carbocycles. The topological polar surface area (TPSA) is 49.6 Å². The molecule has 1 aliphatic rings. The molecule has 0 bridgehead atoms. The summed E-state index contributed by atoms with van der Waals surface area (Å²) in [5.41, 5.74) is 5.95. The van der Waals surface area contributed by atoms with Gasteiger partial charge in [-0.05, 0) is 31.2 Å². The summed E-state index contributed by atoms with van der Waals surface area (Å²) in [6.07, 6.45) is 4.95. The van der Waals surface area contributed by atoms with Gasteiger partial charge in [0, 0.05) is 39.5 Å². The third-order valence-electron chi connectivity index (χ3n) is 4.78. The molecule has 4 nitrogen and oxygen atoms in total. The van der Waals surface area contributed by atoms with E-state index in [9.17, 15) is 4.79 Å². The molecule has 1 fully saturated rings. The highest BCUT2D eigenvalue weighted by molar-refractivity contribution is 7.80. The van der Waals surface area contributed by atoms with E-state index in [1.807, 2.05) is 7.05 Å². The molecular formula is C15H29N3OS. The van der Waals surface area contributed by atoms with Crippen LogP contribution in [0.15, 0.2) is 0 Å². The average molecular weight is 299 g/mol. The van der Waals surface area contributed by atoms with E-state index in [1.165, 1.54) is 19.3 Å². The van der Waals surface area contributed by atoms with Crippen molar-refractivity contribution in [2.45, 2.75) is 46.0 Å². The van der Waals surface area contributed by atoms with E-state index in [0.29, 0.717) is 29.8 Å². The van der Waals surface area contributed by atoms with Crippen molar-refractivity contribution in [2.24, 2.45) is 11.1 Å². The van der Waals surface area contributed by atoms with Crippen LogP contribution >= 0.6 is 12.2 Å². The Morgan fingerprint density at radius 2 is 2.00 bits per heavy atom. The smallest absolute Gasteiger partial charge is 0.223 e. The molecule has 0 aliphatic carbocycles. The summed E-state index contributed by atoms with van der Waals surface area (Å²) in [5, 5.41) is 0. The Morgan fingerprint density at radius 1 is 1.35 bits per heavy atom. The van der Waals surface area contributed by atoms with Crippen molar-refractivity contribution in [3.63, 3.8) is 0 Å². The van der Waals surface area contributed by atoms with Gasteiger partial charge in [0.2, 0.25) is 5.91 Å². The Labute approximate surface area is 128 Å². The molecule has 0 radical (unpaired) electrons. The van der Waals surface area contributed by atoms with E-state index in [-0.39, 0.29) is 5.91 Å². The monoisotopic (exact) mass is 299 g/mol. The molecule has 0 spiro atoms. The molecule has 20 heavy (non-hydrogen) atoms. The van der Waals surface area contributed by atoms with Crippen LogP contribution in [0.25, 0.3) is 0 Å². The fourth-order valence-corrected chi connectivity index (χ4v) is 2.98. The minimum absolute atomic E-state index is 0.187. The van der Waals surface area contributed by atoms with Crippen molar-refractivity contribution in [1.29, 1.82) is 0 Å². The van der Waals surface area contributed by atoms with Gasteiger partial charge in [-0.15, -0.1) is 0 Å². The highest BCUT2D eigenvalue weighted by atomic mass is 32.1. The molecule has 0 unspecified atom stereocenters. The summed E-state index contributed by atoms with van der Waals surface area (Å²) in [5.74, 6) is 0.187. The third-order valence-corrected chi connectivity index (χ3v) is 4.98. The van der Waals surface area contributed by atoms with Gasteiger partial charge in [0.1, 0.15) is 0 Å². The lowest BCUT2D eigenvalue weighted by atomic mass is 9.82. The number of nitrogens with zero attached hydrogens (tertiary/aromatic N) is 2. The molecule has 1 saturated heterocycles. The van der Waals surface area contributed by atoms with Gasteiger partial charge in [-0.1, -0.05) is 26.1 Å². The Kier molecular flexibility index (Phi) is 6.89. The van der Waals surface area contributed by atoms with Crippen LogP contribution in [0, 0.1) is 5.41 Å². The number of hydrogen-bond acceptors (Lipinski definition) is 3. The van der Waals surface area contributed by atoms with Crippen molar-refractivity contribution in [3.05, 3.63) is 0 Å². The molecule has 1 aliphatic heterocycles. The molecule has 0 aromatic heterocycles. The quantitative estimate of drug-likeness (QED) is 0.697. The van der Waals surface area contributed by atoms with Crippen LogP contribution in [-0.2, 0) is 4.79 Å². The van der Waals surface area contributed by atoms with E-state index < -0.39 is 0 Å². The van der Waals surface area contributed by atoms with Crippen molar-refractivity contribution in [3.8, 4) is 0 Å². The van der Waals surface area contributed by atoms with Gasteiger partial charge in [-0.3, -0.25) is 4.79 Å². The second kappa shape index (κ2) is 7.93. The minimum atomic E-state index is 0.187. The van der Waals surface area contributed by atoms with Crippen LogP contribution in [0.2, 0.25) is 0 Å². The first kappa shape index (κ1) is 17.4. The Bertz CT molecular complexity index is 342. The largest absolute Gasteiger partial charge is 0.393 e. The molecule has 0 atom stereocenters. The normalized spacial score (nSPS) is 18.1. The van der Waals surface area contributed by atoms with Crippen LogP contribution < -0.4 is 5.73 Å². The van der Waals surface area contributed by atoms with Crippen LogP contribution in [-0.4, -0.2) is 53.9 Å². The third kappa shape index (κ3) is 5.02. The SMILES string of the molecule is CCC1(CC)CCN(CCC(=O)N(C)CCC(N)=S)C1. The first-order chi connectivity index (χ1) is 9.42. The zero-order chi connectivity index (χ0) is 15.2. The van der Waals surface area contributed by atoms with Gasteiger partial charge in [0.25, 0.3) is 0 Å². The van der Waals surface area contributed by atoms with Crippen molar-refractivity contribution in [1.82, 2.24) is 9.80 Å². The minimum Gasteiger partial charge on any atom is -0.393 e. The lowest BCUT2D eigenvalue weighted by Gasteiger charge is -2.26. The molecule has 2 N–H and O–H groups in total. The average Bonchev–Trinajstić information content (AvgIpc) is 2.86. The van der Waals surface area contributed by atoms with Crippen LogP contribution in [0.1, 0.15) is 46.0 Å². The van der Waals surface area contributed by atoms with Gasteiger partial charge >= 0.3 is 0 Å². The van der Waals surface area contributed by atoms with Crippen molar-refractivity contribution < 1.29 is 4.79 Å². The molecule has 1 rings (SSSR count). The summed E-state index contributed by atoms with van der Waals surface area (Å²) < 4.78 is 0. The van der Waals surface area contributed by atoms with Gasteiger partial charge in [-0.25, -0.2) is 0 Å². The lowest BCUT2D eigenvalue weighted by molar-refractivity contribution is -0.130. The lowest BCUT2D eigenvalue weighted by Crippen LogP contribution is -2.34. The number of carbonyl (C=O) groups excluding carboxylic acids is 1. The van der Waals surface area contributed by atoms with Gasteiger partial charge in [-0.2, -0.15) is 0 Å². The molecular weight excluding hydrogens is 270 g/mol.